The first-order chi connectivity index (χ1) is 18.7. The monoisotopic (exact) mass is 581 g/mol. The molecular formula is C27H36ClN3O7S. The van der Waals surface area contributed by atoms with Crippen molar-refractivity contribution in [2.45, 2.75) is 37.8 Å². The van der Waals surface area contributed by atoms with Gasteiger partial charge in [-0.15, -0.1) is 0 Å². The van der Waals surface area contributed by atoms with E-state index in [1.54, 1.807) is 31.2 Å². The summed E-state index contributed by atoms with van der Waals surface area (Å²) in [4.78, 5) is 27.7. The summed E-state index contributed by atoms with van der Waals surface area (Å²) in [7, 11) is -3.63. The largest absolute Gasteiger partial charge is 0.484 e. The predicted molar refractivity (Wildman–Crippen MR) is 147 cm³/mol. The number of carbonyl (C=O) groups excluding carboxylic acids is 2. The fourth-order valence-corrected chi connectivity index (χ4v) is 5.45. The van der Waals surface area contributed by atoms with Gasteiger partial charge in [0.1, 0.15) is 11.8 Å². The van der Waals surface area contributed by atoms with E-state index in [9.17, 15) is 18.0 Å². The SMILES string of the molecule is CCOCCCNC(=O)[C@@H](C)N(Cc1ccc(Cl)cc1)C(=O)COc1ccc(S(=O)(=O)N2CCOCC2)cc1. The first kappa shape index (κ1) is 30.8. The van der Waals surface area contributed by atoms with Crippen molar-refractivity contribution in [3.8, 4) is 5.75 Å². The van der Waals surface area contributed by atoms with Gasteiger partial charge in [-0.25, -0.2) is 8.42 Å². The van der Waals surface area contributed by atoms with Gasteiger partial charge < -0.3 is 24.4 Å². The average molecular weight is 582 g/mol. The third kappa shape index (κ3) is 9.18. The van der Waals surface area contributed by atoms with Crippen LogP contribution >= 0.6 is 11.6 Å². The molecule has 1 fully saturated rings. The lowest BCUT2D eigenvalue weighted by Gasteiger charge is -2.29. The van der Waals surface area contributed by atoms with Crippen LogP contribution in [0.25, 0.3) is 0 Å². The fourth-order valence-electron chi connectivity index (χ4n) is 3.92. The second-order valence-corrected chi connectivity index (χ2v) is 11.3. The van der Waals surface area contributed by atoms with Crippen molar-refractivity contribution >= 4 is 33.4 Å². The van der Waals surface area contributed by atoms with E-state index in [0.29, 0.717) is 63.3 Å². The fraction of sp³-hybridized carbons (Fsp3) is 0.481. The molecule has 0 spiro atoms. The molecule has 1 aliphatic heterocycles. The van der Waals surface area contributed by atoms with Gasteiger partial charge in [0, 0.05) is 44.4 Å². The smallest absolute Gasteiger partial charge is 0.261 e. The Morgan fingerprint density at radius 2 is 1.77 bits per heavy atom. The molecule has 0 aromatic heterocycles. The molecule has 10 nitrogen and oxygen atoms in total. The van der Waals surface area contributed by atoms with Gasteiger partial charge in [0.25, 0.3) is 5.91 Å². The van der Waals surface area contributed by atoms with Crippen molar-refractivity contribution in [3.63, 3.8) is 0 Å². The number of hydrogen-bond acceptors (Lipinski definition) is 7. The molecule has 1 saturated heterocycles. The molecular weight excluding hydrogens is 546 g/mol. The van der Waals surface area contributed by atoms with Gasteiger partial charge in [0.15, 0.2) is 6.61 Å². The van der Waals surface area contributed by atoms with Gasteiger partial charge in [-0.2, -0.15) is 4.31 Å². The number of benzene rings is 2. The Bertz CT molecular complexity index is 1170. The minimum atomic E-state index is -3.63. The van der Waals surface area contributed by atoms with E-state index in [0.717, 1.165) is 5.56 Å². The van der Waals surface area contributed by atoms with Gasteiger partial charge in [-0.1, -0.05) is 23.7 Å². The number of nitrogens with one attached hydrogen (secondary N) is 1. The zero-order valence-electron chi connectivity index (χ0n) is 22.3. The number of morpholine rings is 1. The summed E-state index contributed by atoms with van der Waals surface area (Å²) in [5.74, 6) is -0.345. The second-order valence-electron chi connectivity index (χ2n) is 8.94. The summed E-state index contributed by atoms with van der Waals surface area (Å²) in [6.07, 6.45) is 0.664. The lowest BCUT2D eigenvalue weighted by molar-refractivity contribution is -0.142. The molecule has 2 amide bonds. The standard InChI is InChI=1S/C27H36ClN3O7S/c1-3-36-16-4-13-29-27(33)21(2)31(19-22-5-7-23(28)8-6-22)26(32)20-38-24-9-11-25(12-10-24)39(34,35)30-14-17-37-18-15-30/h5-12,21H,3-4,13-20H2,1-2H3,(H,29,33)/t21-/m1/s1. The first-order valence-corrected chi connectivity index (χ1v) is 14.7. The maximum atomic E-state index is 13.2. The maximum absolute atomic E-state index is 13.2. The molecule has 0 unspecified atom stereocenters. The molecule has 1 heterocycles. The maximum Gasteiger partial charge on any atom is 0.261 e. The van der Waals surface area contributed by atoms with Gasteiger partial charge in [0.05, 0.1) is 18.1 Å². The van der Waals surface area contributed by atoms with Crippen molar-refractivity contribution in [1.29, 1.82) is 0 Å². The quantitative estimate of drug-likeness (QED) is 0.341. The topological polar surface area (TPSA) is 114 Å². The lowest BCUT2D eigenvalue weighted by Crippen LogP contribution is -2.49. The Kier molecular flexibility index (Phi) is 12.0. The number of nitrogens with zero attached hydrogens (tertiary/aromatic N) is 2. The third-order valence-corrected chi connectivity index (χ3v) is 8.36. The molecule has 2 aromatic carbocycles. The van der Waals surface area contributed by atoms with E-state index in [2.05, 4.69) is 5.32 Å². The van der Waals surface area contributed by atoms with Crippen LogP contribution in [-0.2, 0) is 35.6 Å². The van der Waals surface area contributed by atoms with E-state index >= 15 is 0 Å². The van der Waals surface area contributed by atoms with E-state index in [4.69, 9.17) is 25.8 Å². The van der Waals surface area contributed by atoms with Crippen molar-refractivity contribution < 1.29 is 32.2 Å². The number of ether oxygens (including phenoxy) is 3. The Balaban J connectivity index is 1.64. The summed E-state index contributed by atoms with van der Waals surface area (Å²) in [5, 5.41) is 3.42. The number of amides is 2. The molecule has 0 saturated carbocycles. The summed E-state index contributed by atoms with van der Waals surface area (Å²) >= 11 is 6.00. The normalized spacial score (nSPS) is 14.9. The van der Waals surface area contributed by atoms with Gasteiger partial charge in [-0.05, 0) is 62.2 Å². The minimum absolute atomic E-state index is 0.141. The summed E-state index contributed by atoms with van der Waals surface area (Å²) in [6, 6.07) is 12.2. The van der Waals surface area contributed by atoms with Gasteiger partial charge in [-0.3, -0.25) is 9.59 Å². The Hall–Kier alpha value is -2.70. The molecule has 39 heavy (non-hydrogen) atoms. The van der Waals surface area contributed by atoms with Crippen molar-refractivity contribution in [3.05, 3.63) is 59.1 Å². The number of rotatable bonds is 14. The molecule has 1 N–H and O–H groups in total. The minimum Gasteiger partial charge on any atom is -0.484 e. The van der Waals surface area contributed by atoms with Crippen LogP contribution in [0.4, 0.5) is 0 Å². The Morgan fingerprint density at radius 3 is 2.41 bits per heavy atom. The summed E-state index contributed by atoms with van der Waals surface area (Å²) in [6.45, 7) is 6.34. The second kappa shape index (κ2) is 15.2. The molecule has 2 aromatic rings. The zero-order chi connectivity index (χ0) is 28.3. The van der Waals surface area contributed by atoms with Crippen LogP contribution in [0, 0.1) is 0 Å². The molecule has 3 rings (SSSR count). The highest BCUT2D eigenvalue weighted by atomic mass is 35.5. The highest BCUT2D eigenvalue weighted by molar-refractivity contribution is 7.89. The van der Waals surface area contributed by atoms with Crippen molar-refractivity contribution in [1.82, 2.24) is 14.5 Å². The average Bonchev–Trinajstić information content (AvgIpc) is 2.95. The van der Waals surface area contributed by atoms with E-state index in [-0.39, 0.29) is 24.0 Å². The van der Waals surface area contributed by atoms with E-state index in [1.807, 2.05) is 6.92 Å². The zero-order valence-corrected chi connectivity index (χ0v) is 23.9. The molecule has 1 atom stereocenters. The molecule has 0 radical (unpaired) electrons. The van der Waals surface area contributed by atoms with E-state index < -0.39 is 22.0 Å². The highest BCUT2D eigenvalue weighted by Crippen LogP contribution is 2.21. The number of hydrogen-bond donors (Lipinski definition) is 1. The molecule has 12 heteroatoms. The number of halogens is 1. The number of carbonyl (C=O) groups is 2. The molecule has 0 bridgehead atoms. The van der Waals surface area contributed by atoms with Crippen LogP contribution < -0.4 is 10.1 Å². The van der Waals surface area contributed by atoms with Crippen LogP contribution in [-0.4, -0.2) is 88.1 Å². The Morgan fingerprint density at radius 1 is 1.10 bits per heavy atom. The van der Waals surface area contributed by atoms with Crippen LogP contribution in [0.3, 0.4) is 0 Å². The van der Waals surface area contributed by atoms with Gasteiger partial charge in [0.2, 0.25) is 15.9 Å². The highest BCUT2D eigenvalue weighted by Gasteiger charge is 2.28. The van der Waals surface area contributed by atoms with Gasteiger partial charge >= 0.3 is 0 Å². The lowest BCUT2D eigenvalue weighted by atomic mass is 10.1. The number of sulfonamides is 1. The third-order valence-electron chi connectivity index (χ3n) is 6.20. The van der Waals surface area contributed by atoms with Crippen molar-refractivity contribution in [2.75, 3.05) is 52.7 Å². The van der Waals surface area contributed by atoms with Crippen LogP contribution in [0.1, 0.15) is 25.8 Å². The van der Waals surface area contributed by atoms with Crippen LogP contribution in [0.5, 0.6) is 5.75 Å². The molecule has 214 valence electrons. The summed E-state index contributed by atoms with van der Waals surface area (Å²) in [5.41, 5.74) is 0.807. The molecule has 0 aliphatic carbocycles. The first-order valence-electron chi connectivity index (χ1n) is 12.9. The van der Waals surface area contributed by atoms with Crippen molar-refractivity contribution in [2.24, 2.45) is 0 Å². The summed E-state index contributed by atoms with van der Waals surface area (Å²) < 4.78 is 43.3. The van der Waals surface area contributed by atoms with E-state index in [1.165, 1.54) is 33.5 Å². The van der Waals surface area contributed by atoms with Crippen LogP contribution in [0.15, 0.2) is 53.4 Å². The predicted octanol–water partition coefficient (Wildman–Crippen LogP) is 2.70. The van der Waals surface area contributed by atoms with Crippen LogP contribution in [0.2, 0.25) is 5.02 Å². The Labute approximate surface area is 235 Å². The molecule has 1 aliphatic rings.